The minimum atomic E-state index is -4.08. The van der Waals surface area contributed by atoms with Gasteiger partial charge in [-0.05, 0) is 0 Å². The number of unbranched alkanes of at least 4 members (excludes halogenated alkanes) is 3. The van der Waals surface area contributed by atoms with Gasteiger partial charge in [-0.25, -0.2) is 0 Å². The predicted molar refractivity (Wildman–Crippen MR) is 165 cm³/mol. The summed E-state index contributed by atoms with van der Waals surface area (Å²) in [5.41, 5.74) is 3.53. The first-order valence-corrected chi connectivity index (χ1v) is 26.7. The topological polar surface area (TPSA) is 36.9 Å². The number of hydrogen-bond acceptors (Lipinski definition) is 4. The Labute approximate surface area is 247 Å². The van der Waals surface area contributed by atoms with Crippen molar-refractivity contribution in [2.45, 2.75) is 92.4 Å². The van der Waals surface area contributed by atoms with E-state index in [0.717, 1.165) is 63.0 Å². The Kier molecular flexibility index (Phi) is 15.5. The van der Waals surface area contributed by atoms with Gasteiger partial charge in [0.15, 0.2) is 0 Å². The molecule has 0 spiro atoms. The van der Waals surface area contributed by atoms with Crippen LogP contribution in [-0.2, 0) is 30.5 Å². The summed E-state index contributed by atoms with van der Waals surface area (Å²) in [6, 6.07) is 31.5. The molecule has 0 heterocycles. The van der Waals surface area contributed by atoms with Crippen molar-refractivity contribution in [3.63, 3.8) is 0 Å². The SMILES string of the molecule is CCC[CH2][Sn]([CH2]CCC)([O]Cc1ccccc1)[O][Sn]([CH2]CCC)([O]Cc1ccccc1)[O]Cc1ccccc1. The van der Waals surface area contributed by atoms with E-state index in [4.69, 9.17) is 10.6 Å². The van der Waals surface area contributed by atoms with Crippen LogP contribution in [0.2, 0.25) is 13.3 Å². The molecule has 0 saturated heterocycles. The minimum absolute atomic E-state index is 0.525. The summed E-state index contributed by atoms with van der Waals surface area (Å²) >= 11 is -7.70. The van der Waals surface area contributed by atoms with E-state index >= 15 is 0 Å². The van der Waals surface area contributed by atoms with Crippen LogP contribution < -0.4 is 0 Å². The average Bonchev–Trinajstić information content (AvgIpc) is 3.00. The van der Waals surface area contributed by atoms with Gasteiger partial charge in [0.25, 0.3) is 0 Å². The molecule has 0 saturated carbocycles. The van der Waals surface area contributed by atoms with Crippen molar-refractivity contribution in [2.24, 2.45) is 0 Å². The van der Waals surface area contributed by atoms with Gasteiger partial charge in [0.2, 0.25) is 0 Å². The molecule has 4 nitrogen and oxygen atoms in total. The summed E-state index contributed by atoms with van der Waals surface area (Å²) in [7, 11) is 0. The zero-order chi connectivity index (χ0) is 27.7. The van der Waals surface area contributed by atoms with Crippen molar-refractivity contribution in [2.75, 3.05) is 0 Å². The van der Waals surface area contributed by atoms with Crippen LogP contribution in [0, 0.1) is 0 Å². The summed E-state index contributed by atoms with van der Waals surface area (Å²) in [5.74, 6) is 0. The van der Waals surface area contributed by atoms with E-state index in [9.17, 15) is 0 Å². The summed E-state index contributed by atoms with van der Waals surface area (Å²) in [6.45, 7) is 8.42. The molecule has 0 unspecified atom stereocenters. The molecule has 0 bridgehead atoms. The van der Waals surface area contributed by atoms with Gasteiger partial charge in [0, 0.05) is 0 Å². The Morgan fingerprint density at radius 1 is 0.462 bits per heavy atom. The van der Waals surface area contributed by atoms with Crippen LogP contribution >= 0.6 is 0 Å². The Morgan fingerprint density at radius 2 is 0.821 bits per heavy atom. The Balaban J connectivity index is 1.95. The van der Waals surface area contributed by atoms with E-state index in [1.807, 2.05) is 12.1 Å². The second-order valence-corrected chi connectivity index (χ2v) is 30.7. The number of rotatable bonds is 20. The van der Waals surface area contributed by atoms with Gasteiger partial charge in [-0.15, -0.1) is 0 Å². The first-order chi connectivity index (χ1) is 19.1. The standard InChI is InChI=1S/3C7H7O.3C4H9.O.2Sn/c3*8-6-7-4-2-1-3-5-7;3*1-3-4-2;;;/h3*1-5H,6H2;3*1,3-4H2,2H3;;;/q3*-1;;;;;+1;+2. The molecule has 0 N–H and O–H groups in total. The van der Waals surface area contributed by atoms with Gasteiger partial charge in [-0.3, -0.25) is 0 Å². The molecular weight excluding hydrogens is 698 g/mol. The summed E-state index contributed by atoms with van der Waals surface area (Å²) in [5, 5.41) is 0. The molecule has 0 aliphatic heterocycles. The molecule has 0 aliphatic rings. The molecule has 0 atom stereocenters. The van der Waals surface area contributed by atoms with Crippen molar-refractivity contribution in [3.8, 4) is 0 Å². The number of benzene rings is 3. The Morgan fingerprint density at radius 3 is 1.21 bits per heavy atom. The molecule has 0 amide bonds. The second kappa shape index (κ2) is 18.5. The third kappa shape index (κ3) is 11.9. The van der Waals surface area contributed by atoms with Crippen LogP contribution in [0.5, 0.6) is 0 Å². The van der Waals surface area contributed by atoms with E-state index in [1.54, 1.807) is 0 Å². The van der Waals surface area contributed by atoms with Gasteiger partial charge in [0.05, 0.1) is 0 Å². The van der Waals surface area contributed by atoms with Gasteiger partial charge >= 0.3 is 250 Å². The van der Waals surface area contributed by atoms with Crippen molar-refractivity contribution in [1.29, 1.82) is 0 Å². The molecule has 6 heteroatoms. The first kappa shape index (κ1) is 32.6. The zero-order valence-corrected chi connectivity index (χ0v) is 30.0. The molecule has 3 aromatic carbocycles. The van der Waals surface area contributed by atoms with Gasteiger partial charge in [-0.2, -0.15) is 0 Å². The summed E-state index contributed by atoms with van der Waals surface area (Å²) in [4.78, 5) is 0. The molecule has 3 rings (SSSR count). The van der Waals surface area contributed by atoms with Crippen molar-refractivity contribution in [3.05, 3.63) is 108 Å². The van der Waals surface area contributed by atoms with Crippen LogP contribution in [0.3, 0.4) is 0 Å². The van der Waals surface area contributed by atoms with E-state index in [1.165, 1.54) is 5.56 Å². The van der Waals surface area contributed by atoms with Crippen molar-refractivity contribution in [1.82, 2.24) is 0 Å². The first-order valence-electron chi connectivity index (χ1n) is 14.9. The van der Waals surface area contributed by atoms with Gasteiger partial charge in [-0.1, -0.05) is 0 Å². The maximum absolute atomic E-state index is 7.55. The second-order valence-electron chi connectivity index (χ2n) is 10.3. The fraction of sp³-hybridized carbons (Fsp3) is 0.455. The fourth-order valence-electron chi connectivity index (χ4n) is 4.59. The third-order valence-corrected chi connectivity index (χ3v) is 36.3. The van der Waals surface area contributed by atoms with Crippen LogP contribution in [0.1, 0.15) is 76.0 Å². The van der Waals surface area contributed by atoms with Crippen molar-refractivity contribution < 1.29 is 10.6 Å². The quantitative estimate of drug-likeness (QED) is 0.108. The molecule has 0 aliphatic carbocycles. The van der Waals surface area contributed by atoms with E-state index in [0.29, 0.717) is 19.8 Å². The van der Waals surface area contributed by atoms with Crippen LogP contribution in [0.15, 0.2) is 91.0 Å². The Hall–Kier alpha value is -0.903. The molecule has 39 heavy (non-hydrogen) atoms. The zero-order valence-electron chi connectivity index (χ0n) is 24.3. The summed E-state index contributed by atoms with van der Waals surface area (Å²) < 4.78 is 31.5. The van der Waals surface area contributed by atoms with E-state index < -0.39 is 38.8 Å². The summed E-state index contributed by atoms with van der Waals surface area (Å²) in [6.07, 6.45) is 6.65. The maximum atomic E-state index is 7.55. The third-order valence-electron chi connectivity index (χ3n) is 6.95. The molecule has 0 aromatic heterocycles. The molecule has 3 aromatic rings. The molecule has 0 fully saturated rings. The van der Waals surface area contributed by atoms with Crippen LogP contribution in [0.4, 0.5) is 0 Å². The molecular formula is C33H48O4Sn2. The molecule has 212 valence electrons. The average molecular weight is 746 g/mol. The van der Waals surface area contributed by atoms with Crippen LogP contribution in [-0.4, -0.2) is 38.8 Å². The normalized spacial score (nSPS) is 12.1. The van der Waals surface area contributed by atoms with Gasteiger partial charge < -0.3 is 0 Å². The monoisotopic (exact) mass is 748 g/mol. The van der Waals surface area contributed by atoms with Crippen LogP contribution in [0.25, 0.3) is 0 Å². The Bertz CT molecular complexity index is 966. The van der Waals surface area contributed by atoms with Gasteiger partial charge in [0.1, 0.15) is 0 Å². The fourth-order valence-corrected chi connectivity index (χ4v) is 41.1. The number of hydrogen-bond donors (Lipinski definition) is 0. The van der Waals surface area contributed by atoms with E-state index in [-0.39, 0.29) is 0 Å². The van der Waals surface area contributed by atoms with E-state index in [2.05, 4.69) is 99.6 Å². The predicted octanol–water partition coefficient (Wildman–Crippen LogP) is 9.43. The van der Waals surface area contributed by atoms with Crippen molar-refractivity contribution >= 4 is 38.8 Å². The molecule has 0 radical (unpaired) electrons.